The minimum absolute atomic E-state index is 0.0485. The molecule has 6 heterocycles. The SMILES string of the molecule is CO[C@@H]1C[C@H](/C=C(\C)[C@H]2OC(=O)[C@@H]3CCCCN3C(=O)C(=O)[C@]3(O)O[C@H]([C@@H](C)C[C@@H](C)C/C(C)=C/[C@@H](CCC(C)(C)N4C[C@@H](SC5=C(C(=O)O)N6C(=O)[C@H]([C@@H](C)O)[C@H]6[C@H]5C)C[C@H]4C(=O)N(C)C)C(=O)C[C@H](O)[C@H]2C)[C@@H](C)C[C@H]3C)CC[C@H]1O. The van der Waals surface area contributed by atoms with E-state index < -0.39 is 119 Å². The van der Waals surface area contributed by atoms with Gasteiger partial charge in [0.1, 0.15) is 23.6 Å². The highest BCUT2D eigenvalue weighted by Gasteiger charge is 2.61. The average molecular weight is 1180 g/mol. The molecule has 3 amide bonds. The van der Waals surface area contributed by atoms with Crippen LogP contribution >= 0.6 is 11.8 Å². The van der Waals surface area contributed by atoms with Crippen molar-refractivity contribution in [3.63, 3.8) is 0 Å². The van der Waals surface area contributed by atoms with E-state index in [1.54, 1.807) is 53.8 Å². The van der Waals surface area contributed by atoms with Gasteiger partial charge in [0.2, 0.25) is 17.6 Å². The third-order valence-electron chi connectivity index (χ3n) is 20.0. The third-order valence-corrected chi connectivity index (χ3v) is 21.4. The molecule has 5 N–H and O–H groups in total. The van der Waals surface area contributed by atoms with E-state index in [1.807, 2.05) is 53.7 Å². The van der Waals surface area contributed by atoms with E-state index in [2.05, 4.69) is 11.8 Å². The fourth-order valence-electron chi connectivity index (χ4n) is 15.3. The third kappa shape index (κ3) is 14.1. The summed E-state index contributed by atoms with van der Waals surface area (Å²) in [6, 6.07) is -2.25. The number of cyclic esters (lactones) is 1. The number of thioether (sulfide) groups is 1. The number of fused-ring (bicyclic) bond motifs is 4. The summed E-state index contributed by atoms with van der Waals surface area (Å²) >= 11 is 1.39. The molecule has 1 aliphatic carbocycles. The van der Waals surface area contributed by atoms with Crippen LogP contribution in [0.3, 0.4) is 0 Å². The van der Waals surface area contributed by atoms with Gasteiger partial charge >= 0.3 is 11.9 Å². The first-order chi connectivity index (χ1) is 38.8. The number of aliphatic hydroxyl groups excluding tert-OH is 3. The standard InChI is InChI=1S/C63H98N4O15S/c1-32-23-33(2)25-42(20-21-62(10,11)66-31-43(29-45(66)57(73)64(12)13)83-55-39(8)51-50(40(9)68)58(74)67(51)52(55)60(76)77)48(71)30-47(70)38(7)54(36(5)27-41-18-19-46(69)49(28-41)80-14)81-61(78)44-17-15-16-22-65(44)59(75)56(72)63(79)37(6)26-35(4)53(82-63)34(3)24-32/h25,27,32,34-35,37-47,49-51,53-54,68-70,79H,15-24,26,28-31H2,1-14H3,(H,76,77)/b33-25+,36-27+/t32-,34-,35-,37+,38+,39+,40+,41-,42+,43-,44-,45-,46+,47-,49+,50+,51+,53+,54+,63+/m0/s1. The summed E-state index contributed by atoms with van der Waals surface area (Å²) in [6.07, 6.45) is 4.39. The van der Waals surface area contributed by atoms with Crippen molar-refractivity contribution in [3.05, 3.63) is 33.9 Å². The molecule has 0 aromatic rings. The Labute approximate surface area is 496 Å². The first-order valence-corrected chi connectivity index (χ1v) is 31.6. The van der Waals surface area contributed by atoms with Crippen LogP contribution in [-0.2, 0) is 47.8 Å². The number of aliphatic hydroxyl groups is 4. The molecule has 0 aromatic carbocycles. The van der Waals surface area contributed by atoms with E-state index in [1.165, 1.54) is 21.6 Å². The predicted molar refractivity (Wildman–Crippen MR) is 313 cm³/mol. The Balaban J connectivity index is 1.21. The number of likely N-dealkylation sites (N-methyl/N-ethyl adjacent to an activating group) is 1. The molecule has 6 aliphatic heterocycles. The molecule has 466 valence electrons. The number of carboxylic acid groups (broad SMARTS) is 1. The molecule has 0 radical (unpaired) electrons. The summed E-state index contributed by atoms with van der Waals surface area (Å²) < 4.78 is 18.5. The lowest BCUT2D eigenvalue weighted by molar-refractivity contribution is -0.282. The molecule has 5 fully saturated rings. The molecular weight excluding hydrogens is 1080 g/mol. The summed E-state index contributed by atoms with van der Waals surface area (Å²) in [7, 11) is 4.96. The zero-order chi connectivity index (χ0) is 61.5. The molecule has 0 unspecified atom stereocenters. The number of amides is 3. The second kappa shape index (κ2) is 26.9. The lowest BCUT2D eigenvalue weighted by Crippen LogP contribution is -2.63. The highest BCUT2D eigenvalue weighted by atomic mass is 32.2. The molecule has 1 saturated carbocycles. The van der Waals surface area contributed by atoms with Crippen molar-refractivity contribution in [1.82, 2.24) is 19.6 Å². The Morgan fingerprint density at radius 1 is 0.952 bits per heavy atom. The Kier molecular flexibility index (Phi) is 21.6. The van der Waals surface area contributed by atoms with Crippen molar-refractivity contribution >= 4 is 53.0 Å². The maximum Gasteiger partial charge on any atom is 0.353 e. The van der Waals surface area contributed by atoms with Gasteiger partial charge in [-0.1, -0.05) is 59.3 Å². The summed E-state index contributed by atoms with van der Waals surface area (Å²) in [6.45, 7) is 21.4. The van der Waals surface area contributed by atoms with Gasteiger partial charge in [0.15, 0.2) is 0 Å². The highest BCUT2D eigenvalue weighted by Crippen LogP contribution is 2.53. The summed E-state index contributed by atoms with van der Waals surface area (Å²) in [5.41, 5.74) is 0.783. The number of aliphatic carboxylic acids is 1. The first-order valence-electron chi connectivity index (χ1n) is 30.7. The predicted octanol–water partition coefficient (Wildman–Crippen LogP) is 6.28. The average Bonchev–Trinajstić information content (AvgIpc) is 1.75. The van der Waals surface area contributed by atoms with Crippen LogP contribution in [0.4, 0.5) is 0 Å². The van der Waals surface area contributed by atoms with E-state index in [-0.39, 0.29) is 71.6 Å². The molecule has 20 atom stereocenters. The van der Waals surface area contributed by atoms with Crippen LogP contribution in [0, 0.1) is 53.3 Å². The fraction of sp³-hybridized carbons (Fsp3) is 0.794. The normalized spacial score (nSPS) is 39.7. The van der Waals surface area contributed by atoms with Crippen LogP contribution in [0.25, 0.3) is 0 Å². The molecule has 7 rings (SSSR count). The molecule has 19 nitrogen and oxygen atoms in total. The molecule has 4 saturated heterocycles. The summed E-state index contributed by atoms with van der Waals surface area (Å²) in [5, 5.41) is 56.0. The van der Waals surface area contributed by atoms with Gasteiger partial charge in [-0.2, -0.15) is 0 Å². The highest BCUT2D eigenvalue weighted by molar-refractivity contribution is 8.03. The second-order valence-corrected chi connectivity index (χ2v) is 28.5. The number of hydrogen-bond donors (Lipinski definition) is 5. The van der Waals surface area contributed by atoms with E-state index in [0.717, 1.165) is 5.57 Å². The number of carbonyl (C=O) groups excluding carboxylic acids is 6. The lowest BCUT2D eigenvalue weighted by atomic mass is 9.76. The van der Waals surface area contributed by atoms with Crippen LogP contribution in [0.2, 0.25) is 0 Å². The van der Waals surface area contributed by atoms with Crippen LogP contribution in [-0.4, -0.2) is 192 Å². The van der Waals surface area contributed by atoms with Crippen molar-refractivity contribution in [2.75, 3.05) is 34.3 Å². The Morgan fingerprint density at radius 2 is 1.63 bits per heavy atom. The van der Waals surface area contributed by atoms with E-state index in [9.17, 15) is 54.3 Å². The molecule has 7 aliphatic rings. The van der Waals surface area contributed by atoms with Crippen LogP contribution in [0.1, 0.15) is 160 Å². The number of likely N-dealkylation sites (tertiary alicyclic amines) is 1. The number of esters is 1. The van der Waals surface area contributed by atoms with Crippen molar-refractivity contribution in [2.24, 2.45) is 53.3 Å². The Bertz CT molecular complexity index is 2530. The van der Waals surface area contributed by atoms with Crippen molar-refractivity contribution < 1.29 is 73.3 Å². The van der Waals surface area contributed by atoms with Gasteiger partial charge in [-0.05, 0) is 141 Å². The summed E-state index contributed by atoms with van der Waals surface area (Å²) in [4.78, 5) is 106. The monoisotopic (exact) mass is 1180 g/mol. The van der Waals surface area contributed by atoms with Gasteiger partial charge < -0.3 is 54.4 Å². The zero-order valence-corrected chi connectivity index (χ0v) is 52.6. The first kappa shape index (κ1) is 66.5. The molecule has 83 heavy (non-hydrogen) atoms. The van der Waals surface area contributed by atoms with Crippen molar-refractivity contribution in [1.29, 1.82) is 0 Å². The van der Waals surface area contributed by atoms with Crippen LogP contribution < -0.4 is 0 Å². The zero-order valence-electron chi connectivity index (χ0n) is 51.7. The number of rotatable bonds is 12. The molecule has 0 aromatic heterocycles. The molecule has 2 bridgehead atoms. The Morgan fingerprint density at radius 3 is 2.27 bits per heavy atom. The number of β-lactam (4-membered cyclic amide) rings is 1. The number of nitrogens with zero attached hydrogens (tertiary/aromatic N) is 4. The minimum atomic E-state index is -2.43. The lowest BCUT2D eigenvalue weighted by Gasteiger charge is -2.46. The van der Waals surface area contributed by atoms with E-state index in [0.29, 0.717) is 87.7 Å². The van der Waals surface area contributed by atoms with Crippen LogP contribution in [0.15, 0.2) is 33.9 Å². The molecule has 20 heteroatoms. The number of carboxylic acids is 1. The van der Waals surface area contributed by atoms with Crippen molar-refractivity contribution in [2.45, 2.75) is 231 Å². The maximum atomic E-state index is 15.1. The smallest absolute Gasteiger partial charge is 0.353 e. The van der Waals surface area contributed by atoms with Crippen molar-refractivity contribution in [3.8, 4) is 0 Å². The van der Waals surface area contributed by atoms with Crippen LogP contribution in [0.5, 0.6) is 0 Å². The van der Waals surface area contributed by atoms with E-state index >= 15 is 4.79 Å². The Hall–Kier alpha value is -4.02. The molecular formula is C63H98N4O15S. The number of piperidine rings is 1. The number of Topliss-reactive ketones (excluding diaryl/α,β-unsaturated/α-hetero) is 2. The van der Waals surface area contributed by atoms with Gasteiger partial charge in [-0.25, -0.2) is 9.59 Å². The fourth-order valence-corrected chi connectivity index (χ4v) is 16.8. The second-order valence-electron chi connectivity index (χ2n) is 27.2. The van der Waals surface area contributed by atoms with Gasteiger partial charge in [0, 0.05) is 80.1 Å². The number of ketones is 2. The quantitative estimate of drug-likeness (QED) is 0.0623. The number of carbonyl (C=O) groups is 7. The van der Waals surface area contributed by atoms with Gasteiger partial charge in [0.25, 0.3) is 11.7 Å². The topological polar surface area (TPSA) is 261 Å². The number of ether oxygens (including phenoxy) is 3. The van der Waals surface area contributed by atoms with Gasteiger partial charge in [-0.15, -0.1) is 11.8 Å². The van der Waals surface area contributed by atoms with Gasteiger partial charge in [0.05, 0.1) is 48.5 Å². The largest absolute Gasteiger partial charge is 0.477 e. The minimum Gasteiger partial charge on any atom is -0.477 e. The number of allylic oxidation sites excluding steroid dienone is 3. The van der Waals surface area contributed by atoms with Gasteiger partial charge in [-0.3, -0.25) is 28.9 Å². The maximum absolute atomic E-state index is 15.1. The molecule has 0 spiro atoms. The number of hydrogen-bond acceptors (Lipinski definition) is 16. The summed E-state index contributed by atoms with van der Waals surface area (Å²) in [5.74, 6) is -10.9. The number of methoxy groups -OCH3 is 1. The van der Waals surface area contributed by atoms with E-state index in [4.69, 9.17) is 14.2 Å².